The number of halogens is 5. The minimum Gasteiger partial charge on any atom is -0.281 e. The monoisotopic (exact) mass is 556 g/mol. The molecule has 0 aromatic heterocycles. The highest BCUT2D eigenvalue weighted by Gasteiger charge is 1.98. The minimum absolute atomic E-state index is 0.203. The molecular formula is C20H33BrCl4O4. The minimum atomic E-state index is -0.317. The predicted molar refractivity (Wildman–Crippen MR) is 128 cm³/mol. The first-order valence-corrected chi connectivity index (χ1v) is 12.6. The van der Waals surface area contributed by atoms with Gasteiger partial charge >= 0.3 is 0 Å². The molecule has 0 unspecified atom stereocenters. The second kappa shape index (κ2) is 28.3. The van der Waals surface area contributed by atoms with Gasteiger partial charge in [0.1, 0.15) is 0 Å². The van der Waals surface area contributed by atoms with Gasteiger partial charge in [0.15, 0.2) is 0 Å². The van der Waals surface area contributed by atoms with Crippen molar-refractivity contribution in [1.82, 2.24) is 0 Å². The number of hydrogen-bond acceptors (Lipinski definition) is 4. The van der Waals surface area contributed by atoms with Crippen LogP contribution in [0.2, 0.25) is 0 Å². The number of alkyl halides is 1. The molecule has 0 aliphatic carbocycles. The van der Waals surface area contributed by atoms with Gasteiger partial charge in [-0.25, -0.2) is 0 Å². The standard InChI is InChI=1S/C7H10Cl2O2.C7H13ClO.C6H10BrClO/c8-6(10)4-2-1-3-5-7(9)11;1-2-3-4-5-6-7(8)9;7-5-3-1-2-4-6(8)9/h1-5H2;2-6H2,1H3;1-5H2. The first-order chi connectivity index (χ1) is 13.7. The van der Waals surface area contributed by atoms with Gasteiger partial charge in [-0.1, -0.05) is 55.0 Å². The lowest BCUT2D eigenvalue weighted by Gasteiger charge is -1.94. The van der Waals surface area contributed by atoms with Gasteiger partial charge in [-0.2, -0.15) is 0 Å². The molecule has 0 radical (unpaired) electrons. The van der Waals surface area contributed by atoms with E-state index in [1.54, 1.807) is 0 Å². The van der Waals surface area contributed by atoms with E-state index in [1.807, 2.05) is 0 Å². The SMILES string of the molecule is CCCCCCC(=O)Cl.O=C(Cl)CCCCCBr.O=C(Cl)CCCCCC(=O)Cl. The number of hydrogen-bond donors (Lipinski definition) is 0. The fraction of sp³-hybridized carbons (Fsp3) is 0.800. The van der Waals surface area contributed by atoms with E-state index in [-0.39, 0.29) is 21.0 Å². The van der Waals surface area contributed by atoms with Crippen molar-refractivity contribution < 1.29 is 19.2 Å². The Morgan fingerprint density at radius 2 is 0.793 bits per heavy atom. The third kappa shape index (κ3) is 47.5. The second-order valence-electron chi connectivity index (χ2n) is 6.29. The summed E-state index contributed by atoms with van der Waals surface area (Å²) in [5, 5.41) is -0.0381. The first-order valence-electron chi connectivity index (χ1n) is 9.96. The van der Waals surface area contributed by atoms with Crippen molar-refractivity contribution in [3.8, 4) is 0 Å². The summed E-state index contributed by atoms with van der Waals surface area (Å²) >= 11 is 23.7. The van der Waals surface area contributed by atoms with Crippen LogP contribution in [0.4, 0.5) is 0 Å². The van der Waals surface area contributed by atoms with Gasteiger partial charge in [0.05, 0.1) is 0 Å². The van der Waals surface area contributed by atoms with Crippen molar-refractivity contribution in [1.29, 1.82) is 0 Å². The van der Waals surface area contributed by atoms with Crippen LogP contribution in [-0.2, 0) is 19.2 Å². The van der Waals surface area contributed by atoms with Crippen molar-refractivity contribution in [2.24, 2.45) is 0 Å². The zero-order chi connectivity index (χ0) is 22.9. The highest BCUT2D eigenvalue weighted by atomic mass is 79.9. The molecule has 0 spiro atoms. The second-order valence-corrected chi connectivity index (χ2v) is 8.77. The fourth-order valence-electron chi connectivity index (χ4n) is 1.93. The molecule has 172 valence electrons. The Balaban J connectivity index is -0.000000352. The Bertz CT molecular complexity index is 397. The highest BCUT2D eigenvalue weighted by molar-refractivity contribution is 9.09. The van der Waals surface area contributed by atoms with E-state index in [2.05, 4.69) is 22.9 Å². The normalized spacial score (nSPS) is 9.59. The lowest BCUT2D eigenvalue weighted by Crippen LogP contribution is -1.89. The molecule has 4 nitrogen and oxygen atoms in total. The van der Waals surface area contributed by atoms with Crippen LogP contribution in [0.25, 0.3) is 0 Å². The van der Waals surface area contributed by atoms with Gasteiger partial charge in [-0.3, -0.25) is 19.2 Å². The van der Waals surface area contributed by atoms with Crippen LogP contribution < -0.4 is 0 Å². The van der Waals surface area contributed by atoms with Crippen LogP contribution in [0.3, 0.4) is 0 Å². The molecule has 9 heteroatoms. The summed E-state index contributed by atoms with van der Waals surface area (Å²) in [6.45, 7) is 2.14. The summed E-state index contributed by atoms with van der Waals surface area (Å²) in [4.78, 5) is 40.8. The van der Waals surface area contributed by atoms with Crippen molar-refractivity contribution in [3.63, 3.8) is 0 Å². The smallest absolute Gasteiger partial charge is 0.221 e. The molecule has 0 rings (SSSR count). The molecule has 0 aliphatic rings. The third-order valence-corrected chi connectivity index (χ3v) is 4.80. The van der Waals surface area contributed by atoms with E-state index < -0.39 is 0 Å². The van der Waals surface area contributed by atoms with Crippen molar-refractivity contribution in [2.45, 2.75) is 96.8 Å². The molecule has 0 heterocycles. The molecule has 0 aromatic carbocycles. The van der Waals surface area contributed by atoms with Gasteiger partial charge in [0.25, 0.3) is 0 Å². The van der Waals surface area contributed by atoms with Gasteiger partial charge in [0.2, 0.25) is 21.0 Å². The molecule has 0 aliphatic heterocycles. The first kappa shape index (κ1) is 33.9. The molecule has 0 atom stereocenters. The molecule has 0 N–H and O–H groups in total. The van der Waals surface area contributed by atoms with Gasteiger partial charge < -0.3 is 0 Å². The largest absolute Gasteiger partial charge is 0.281 e. The zero-order valence-corrected chi connectivity index (χ0v) is 21.7. The average molecular weight is 559 g/mol. The van der Waals surface area contributed by atoms with Gasteiger partial charge in [-0.15, -0.1) is 0 Å². The molecule has 0 aromatic rings. The van der Waals surface area contributed by atoms with Crippen LogP contribution in [0.1, 0.15) is 96.8 Å². The van der Waals surface area contributed by atoms with Crippen LogP contribution in [0.5, 0.6) is 0 Å². The number of carbonyl (C=O) groups excluding carboxylic acids is 4. The van der Waals surface area contributed by atoms with E-state index >= 15 is 0 Å². The summed E-state index contributed by atoms with van der Waals surface area (Å²) in [6.07, 6.45) is 11.8. The van der Waals surface area contributed by atoms with E-state index in [1.165, 1.54) is 12.8 Å². The van der Waals surface area contributed by atoms with Gasteiger partial charge in [-0.05, 0) is 78.5 Å². The van der Waals surface area contributed by atoms with Crippen molar-refractivity contribution in [2.75, 3.05) is 5.33 Å². The summed E-state index contributed by atoms with van der Waals surface area (Å²) in [6, 6.07) is 0. The van der Waals surface area contributed by atoms with E-state index in [9.17, 15) is 19.2 Å². The summed E-state index contributed by atoms with van der Waals surface area (Å²) in [5.74, 6) is 0. The predicted octanol–water partition coefficient (Wildman–Crippen LogP) is 7.90. The maximum Gasteiger partial charge on any atom is 0.221 e. The van der Waals surface area contributed by atoms with E-state index in [4.69, 9.17) is 46.4 Å². The Morgan fingerprint density at radius 1 is 0.517 bits per heavy atom. The lowest BCUT2D eigenvalue weighted by molar-refractivity contribution is -0.112. The number of carbonyl (C=O) groups is 4. The van der Waals surface area contributed by atoms with Crippen molar-refractivity contribution >= 4 is 83.3 Å². The molecule has 0 bridgehead atoms. The quantitative estimate of drug-likeness (QED) is 0.110. The Morgan fingerprint density at radius 3 is 1.03 bits per heavy atom. The molecule has 0 amide bonds. The van der Waals surface area contributed by atoms with Crippen LogP contribution >= 0.6 is 62.3 Å². The topological polar surface area (TPSA) is 68.3 Å². The Labute approximate surface area is 203 Å². The maximum absolute atomic E-state index is 10.2. The van der Waals surface area contributed by atoms with Crippen LogP contribution in [0.15, 0.2) is 0 Å². The van der Waals surface area contributed by atoms with E-state index in [0.29, 0.717) is 25.7 Å². The molecule has 0 saturated heterocycles. The lowest BCUT2D eigenvalue weighted by atomic mass is 10.2. The molecule has 29 heavy (non-hydrogen) atoms. The Kier molecular flexibility index (Phi) is 33.1. The Hall–Kier alpha value is 0.320. The van der Waals surface area contributed by atoms with Crippen LogP contribution in [0, 0.1) is 0 Å². The molecule has 0 fully saturated rings. The molecular weight excluding hydrogens is 526 g/mol. The molecule has 0 saturated carbocycles. The third-order valence-electron chi connectivity index (χ3n) is 3.48. The zero-order valence-electron chi connectivity index (χ0n) is 17.1. The highest BCUT2D eigenvalue weighted by Crippen LogP contribution is 2.06. The van der Waals surface area contributed by atoms with Crippen molar-refractivity contribution in [3.05, 3.63) is 0 Å². The maximum atomic E-state index is 10.2. The number of unbranched alkanes of at least 4 members (excludes halogenated alkanes) is 7. The number of rotatable bonds is 16. The summed E-state index contributed by atoms with van der Waals surface area (Å²) in [5.41, 5.74) is 0. The fourth-order valence-corrected chi connectivity index (χ4v) is 2.86. The summed E-state index contributed by atoms with van der Waals surface area (Å²) < 4.78 is 0. The van der Waals surface area contributed by atoms with Crippen LogP contribution in [-0.4, -0.2) is 26.3 Å². The summed E-state index contributed by atoms with van der Waals surface area (Å²) in [7, 11) is 0. The van der Waals surface area contributed by atoms with Gasteiger partial charge in [0, 0.05) is 31.0 Å². The van der Waals surface area contributed by atoms with E-state index in [0.717, 1.165) is 56.7 Å². The average Bonchev–Trinajstić information content (AvgIpc) is 2.62.